The van der Waals surface area contributed by atoms with Crippen LogP contribution in [-0.4, -0.2) is 5.78 Å². The van der Waals surface area contributed by atoms with Crippen molar-refractivity contribution < 1.29 is 4.79 Å². The molecule has 0 saturated heterocycles. The normalized spacial score (nSPS) is 11.3. The summed E-state index contributed by atoms with van der Waals surface area (Å²) < 4.78 is 1.97. The lowest BCUT2D eigenvalue weighted by molar-refractivity contribution is 0.104. The van der Waals surface area contributed by atoms with Crippen molar-refractivity contribution in [2.75, 3.05) is 5.32 Å². The average molecular weight is 409 g/mol. The first-order chi connectivity index (χ1) is 10.1. The van der Waals surface area contributed by atoms with E-state index in [9.17, 15) is 4.79 Å². The summed E-state index contributed by atoms with van der Waals surface area (Å²) in [5.41, 5.74) is 2.53. The van der Waals surface area contributed by atoms with Gasteiger partial charge in [-0.2, -0.15) is 0 Å². The summed E-state index contributed by atoms with van der Waals surface area (Å²) in [5, 5.41) is 3.28. The van der Waals surface area contributed by atoms with Crippen LogP contribution in [0, 0.1) is 0 Å². The molecule has 0 saturated carbocycles. The first kappa shape index (κ1) is 16.0. The number of allylic oxidation sites excluding steroid dienone is 2. The smallest absolute Gasteiger partial charge is 0.187 e. The van der Waals surface area contributed by atoms with Crippen LogP contribution in [0.4, 0.5) is 5.69 Å². The van der Waals surface area contributed by atoms with Crippen LogP contribution in [0.3, 0.4) is 0 Å². The first-order valence-corrected chi connectivity index (χ1v) is 8.20. The molecule has 108 valence electrons. The standard InChI is InChI=1S/C17H15Br2NO/c1-2-15(20-16-5-3-4-14(19)10-16)11-17(21)12-6-8-13(18)9-7-12/h3-11,20H,2H2,1H3/b15-11+. The molecule has 0 aliphatic rings. The summed E-state index contributed by atoms with van der Waals surface area (Å²) in [6.07, 6.45) is 2.42. The first-order valence-electron chi connectivity index (χ1n) is 6.61. The maximum Gasteiger partial charge on any atom is 0.187 e. The van der Waals surface area contributed by atoms with Gasteiger partial charge in [-0.3, -0.25) is 4.79 Å². The second-order valence-electron chi connectivity index (χ2n) is 4.53. The van der Waals surface area contributed by atoms with Gasteiger partial charge in [-0.1, -0.05) is 44.8 Å². The number of nitrogens with one attached hydrogen (secondary N) is 1. The van der Waals surface area contributed by atoms with E-state index in [0.717, 1.165) is 26.8 Å². The SMILES string of the molecule is CC/C(=C\C(=O)c1ccc(Br)cc1)Nc1cccc(Br)c1. The van der Waals surface area contributed by atoms with Crippen LogP contribution in [0.25, 0.3) is 0 Å². The van der Waals surface area contributed by atoms with E-state index in [1.54, 1.807) is 6.08 Å². The number of rotatable bonds is 5. The van der Waals surface area contributed by atoms with Crippen molar-refractivity contribution in [1.29, 1.82) is 0 Å². The predicted octanol–water partition coefficient (Wildman–Crippen LogP) is 5.80. The molecule has 0 radical (unpaired) electrons. The summed E-state index contributed by atoms with van der Waals surface area (Å²) in [5.74, 6) is 0.00171. The molecule has 2 aromatic carbocycles. The lowest BCUT2D eigenvalue weighted by atomic mass is 10.1. The minimum atomic E-state index is 0.00171. The fourth-order valence-electron chi connectivity index (χ4n) is 1.83. The zero-order valence-corrected chi connectivity index (χ0v) is 14.7. The van der Waals surface area contributed by atoms with E-state index < -0.39 is 0 Å². The van der Waals surface area contributed by atoms with E-state index in [4.69, 9.17) is 0 Å². The van der Waals surface area contributed by atoms with Crippen LogP contribution in [0.5, 0.6) is 0 Å². The Hall–Kier alpha value is -1.39. The number of benzene rings is 2. The van der Waals surface area contributed by atoms with E-state index in [2.05, 4.69) is 37.2 Å². The average Bonchev–Trinajstić information content (AvgIpc) is 2.47. The Bertz CT molecular complexity index is 663. The van der Waals surface area contributed by atoms with Gasteiger partial charge >= 0.3 is 0 Å². The van der Waals surface area contributed by atoms with Gasteiger partial charge in [0.2, 0.25) is 0 Å². The highest BCUT2D eigenvalue weighted by molar-refractivity contribution is 9.10. The van der Waals surface area contributed by atoms with Crippen molar-refractivity contribution in [2.45, 2.75) is 13.3 Å². The topological polar surface area (TPSA) is 29.1 Å². The van der Waals surface area contributed by atoms with Gasteiger partial charge in [-0.05, 0) is 48.9 Å². The molecule has 0 aromatic heterocycles. The lowest BCUT2D eigenvalue weighted by Crippen LogP contribution is -2.03. The Kier molecular flexibility index (Phi) is 5.76. The van der Waals surface area contributed by atoms with E-state index >= 15 is 0 Å². The number of anilines is 1. The Labute approximate surface area is 141 Å². The highest BCUT2D eigenvalue weighted by atomic mass is 79.9. The van der Waals surface area contributed by atoms with E-state index in [-0.39, 0.29) is 5.78 Å². The molecule has 2 aromatic rings. The highest BCUT2D eigenvalue weighted by Gasteiger charge is 2.05. The summed E-state index contributed by atoms with van der Waals surface area (Å²) in [6.45, 7) is 2.02. The van der Waals surface area contributed by atoms with Gasteiger partial charge in [0.05, 0.1) is 0 Å². The van der Waals surface area contributed by atoms with Gasteiger partial charge in [0.25, 0.3) is 0 Å². The van der Waals surface area contributed by atoms with Gasteiger partial charge in [0.1, 0.15) is 0 Å². The summed E-state index contributed by atoms with van der Waals surface area (Å²) in [6, 6.07) is 15.2. The Morgan fingerprint density at radius 1 is 1.10 bits per heavy atom. The Balaban J connectivity index is 2.16. The fourth-order valence-corrected chi connectivity index (χ4v) is 2.50. The maximum atomic E-state index is 12.2. The molecule has 0 fully saturated rings. The third-order valence-corrected chi connectivity index (χ3v) is 3.97. The molecule has 21 heavy (non-hydrogen) atoms. The van der Waals surface area contributed by atoms with E-state index in [1.165, 1.54) is 0 Å². The summed E-state index contributed by atoms with van der Waals surface area (Å²) >= 11 is 6.80. The molecule has 0 unspecified atom stereocenters. The molecule has 1 N–H and O–H groups in total. The fraction of sp³-hybridized carbons (Fsp3) is 0.118. The van der Waals surface area contributed by atoms with Crippen LogP contribution < -0.4 is 5.32 Å². The third-order valence-electron chi connectivity index (χ3n) is 2.94. The molecule has 0 aliphatic carbocycles. The molecular formula is C17H15Br2NO. The van der Waals surface area contributed by atoms with Crippen molar-refractivity contribution in [2.24, 2.45) is 0 Å². The predicted molar refractivity (Wildman–Crippen MR) is 94.6 cm³/mol. The van der Waals surface area contributed by atoms with E-state index in [0.29, 0.717) is 5.56 Å². The van der Waals surface area contributed by atoms with Gasteiger partial charge in [0, 0.05) is 32.0 Å². The summed E-state index contributed by atoms with van der Waals surface area (Å²) in [7, 11) is 0. The quantitative estimate of drug-likeness (QED) is 0.500. The van der Waals surface area contributed by atoms with Crippen LogP contribution in [0.1, 0.15) is 23.7 Å². The van der Waals surface area contributed by atoms with Crippen molar-refractivity contribution in [3.05, 3.63) is 74.8 Å². The largest absolute Gasteiger partial charge is 0.359 e. The van der Waals surface area contributed by atoms with Crippen molar-refractivity contribution >= 4 is 43.3 Å². The minimum Gasteiger partial charge on any atom is -0.359 e. The molecule has 0 aliphatic heterocycles. The Morgan fingerprint density at radius 2 is 1.81 bits per heavy atom. The van der Waals surface area contributed by atoms with Crippen LogP contribution in [-0.2, 0) is 0 Å². The maximum absolute atomic E-state index is 12.2. The molecular weight excluding hydrogens is 394 g/mol. The van der Waals surface area contributed by atoms with Crippen molar-refractivity contribution in [3.63, 3.8) is 0 Å². The van der Waals surface area contributed by atoms with Gasteiger partial charge in [0.15, 0.2) is 5.78 Å². The molecule has 2 nitrogen and oxygen atoms in total. The van der Waals surface area contributed by atoms with Crippen LogP contribution in [0.2, 0.25) is 0 Å². The molecule has 0 bridgehead atoms. The highest BCUT2D eigenvalue weighted by Crippen LogP contribution is 2.19. The van der Waals surface area contributed by atoms with Crippen LogP contribution >= 0.6 is 31.9 Å². The monoisotopic (exact) mass is 407 g/mol. The van der Waals surface area contributed by atoms with Crippen LogP contribution in [0.15, 0.2) is 69.2 Å². The third kappa shape index (κ3) is 4.83. The van der Waals surface area contributed by atoms with Gasteiger partial charge in [-0.25, -0.2) is 0 Å². The second-order valence-corrected chi connectivity index (χ2v) is 6.36. The number of hydrogen-bond donors (Lipinski definition) is 1. The number of carbonyl (C=O) groups is 1. The second kappa shape index (κ2) is 7.57. The number of carbonyl (C=O) groups excluding carboxylic acids is 1. The van der Waals surface area contributed by atoms with E-state index in [1.807, 2.05) is 55.5 Å². The molecule has 0 spiro atoms. The molecule has 4 heteroatoms. The zero-order chi connectivity index (χ0) is 15.2. The van der Waals surface area contributed by atoms with Gasteiger partial charge < -0.3 is 5.32 Å². The minimum absolute atomic E-state index is 0.00171. The van der Waals surface area contributed by atoms with Crippen molar-refractivity contribution in [1.82, 2.24) is 0 Å². The lowest BCUT2D eigenvalue weighted by Gasteiger charge is -2.09. The zero-order valence-electron chi connectivity index (χ0n) is 11.6. The molecule has 0 amide bonds. The summed E-state index contributed by atoms with van der Waals surface area (Å²) in [4.78, 5) is 12.2. The Morgan fingerprint density at radius 3 is 2.43 bits per heavy atom. The molecule has 0 heterocycles. The number of hydrogen-bond acceptors (Lipinski definition) is 2. The van der Waals surface area contributed by atoms with Crippen molar-refractivity contribution in [3.8, 4) is 0 Å². The van der Waals surface area contributed by atoms with Gasteiger partial charge in [-0.15, -0.1) is 0 Å². The molecule has 0 atom stereocenters. The number of ketones is 1. The molecule has 2 rings (SSSR count). The number of halogens is 2.